The van der Waals surface area contributed by atoms with Crippen LogP contribution in [0.5, 0.6) is 0 Å². The van der Waals surface area contributed by atoms with Gasteiger partial charge in [0.05, 0.1) is 0 Å². The molecule has 0 amide bonds. The SMILES string of the molecule is c1ccc(-c2ccc(-c3cccc(-c4c5ccccc5c(-c5ccc6ccccc6c5)c5ccccc45)c3)c3ccccc23)cc1. The Morgan fingerprint density at radius 1 is 0.217 bits per heavy atom. The Morgan fingerprint density at radius 3 is 1.26 bits per heavy atom. The second-order valence-corrected chi connectivity index (χ2v) is 12.1. The lowest BCUT2D eigenvalue weighted by molar-refractivity contribution is 1.62. The van der Waals surface area contributed by atoms with Crippen LogP contribution in [0.3, 0.4) is 0 Å². The molecule has 0 nitrogen and oxygen atoms in total. The van der Waals surface area contributed by atoms with Gasteiger partial charge in [-0.1, -0.05) is 170 Å². The van der Waals surface area contributed by atoms with Crippen molar-refractivity contribution in [2.75, 3.05) is 0 Å². The van der Waals surface area contributed by atoms with Gasteiger partial charge < -0.3 is 0 Å². The van der Waals surface area contributed by atoms with Gasteiger partial charge in [0.1, 0.15) is 0 Å². The highest BCUT2D eigenvalue weighted by atomic mass is 14.2. The van der Waals surface area contributed by atoms with Gasteiger partial charge in [-0.3, -0.25) is 0 Å². The van der Waals surface area contributed by atoms with E-state index in [4.69, 9.17) is 0 Å². The quantitative estimate of drug-likeness (QED) is 0.181. The monoisotopic (exact) mass is 582 g/mol. The van der Waals surface area contributed by atoms with Gasteiger partial charge in [-0.05, 0) is 99.7 Å². The molecule has 0 unspecified atom stereocenters. The third-order valence-electron chi connectivity index (χ3n) is 9.44. The zero-order valence-electron chi connectivity index (χ0n) is 25.3. The van der Waals surface area contributed by atoms with Crippen molar-refractivity contribution in [1.29, 1.82) is 0 Å². The van der Waals surface area contributed by atoms with E-state index >= 15 is 0 Å². The molecule has 0 saturated heterocycles. The minimum Gasteiger partial charge on any atom is -0.0622 e. The van der Waals surface area contributed by atoms with Gasteiger partial charge in [-0.2, -0.15) is 0 Å². The van der Waals surface area contributed by atoms with Crippen LogP contribution in [-0.4, -0.2) is 0 Å². The number of fused-ring (bicyclic) bond motifs is 4. The Bertz CT molecular complexity index is 2520. The van der Waals surface area contributed by atoms with Gasteiger partial charge >= 0.3 is 0 Å². The van der Waals surface area contributed by atoms with Crippen LogP contribution in [0.4, 0.5) is 0 Å². The standard InChI is InChI=1S/C46H30/c1-2-14-32(15-3-1)37-27-28-38(40-20-7-6-19-39(37)40)34-17-12-18-35(30-34)45-41-21-8-10-23-43(41)46(44-24-11-9-22-42(44)45)36-26-25-31-13-4-5-16-33(31)29-36/h1-30H. The van der Waals surface area contributed by atoms with Gasteiger partial charge in [0.15, 0.2) is 0 Å². The van der Waals surface area contributed by atoms with Crippen LogP contribution in [0.15, 0.2) is 182 Å². The van der Waals surface area contributed by atoms with Gasteiger partial charge in [-0.25, -0.2) is 0 Å². The second kappa shape index (κ2) is 10.9. The van der Waals surface area contributed by atoms with Crippen molar-refractivity contribution in [3.63, 3.8) is 0 Å². The predicted molar refractivity (Wildman–Crippen MR) is 198 cm³/mol. The van der Waals surface area contributed by atoms with Gasteiger partial charge in [0, 0.05) is 0 Å². The third-order valence-corrected chi connectivity index (χ3v) is 9.44. The molecule has 0 aliphatic carbocycles. The largest absolute Gasteiger partial charge is 0.0622 e. The second-order valence-electron chi connectivity index (χ2n) is 12.1. The Kier molecular flexibility index (Phi) is 6.25. The van der Waals surface area contributed by atoms with Gasteiger partial charge in [-0.15, -0.1) is 0 Å². The normalized spacial score (nSPS) is 11.5. The van der Waals surface area contributed by atoms with E-state index in [2.05, 4.69) is 182 Å². The summed E-state index contributed by atoms with van der Waals surface area (Å²) in [5.41, 5.74) is 10.0. The molecule has 0 N–H and O–H groups in total. The maximum atomic E-state index is 2.38. The molecule has 9 rings (SSSR count). The predicted octanol–water partition coefficient (Wildman–Crippen LogP) is 13.0. The molecule has 0 bridgehead atoms. The summed E-state index contributed by atoms with van der Waals surface area (Å²) >= 11 is 0. The van der Waals surface area contributed by atoms with E-state index < -0.39 is 0 Å². The molecule has 46 heavy (non-hydrogen) atoms. The third kappa shape index (κ3) is 4.30. The molecule has 0 saturated carbocycles. The summed E-state index contributed by atoms with van der Waals surface area (Å²) in [7, 11) is 0. The minimum atomic E-state index is 1.22. The highest BCUT2D eigenvalue weighted by Gasteiger charge is 2.17. The van der Waals surface area contributed by atoms with Crippen LogP contribution in [0.1, 0.15) is 0 Å². The van der Waals surface area contributed by atoms with Crippen molar-refractivity contribution in [2.45, 2.75) is 0 Å². The van der Waals surface area contributed by atoms with Crippen LogP contribution in [0, 0.1) is 0 Å². The first-order chi connectivity index (χ1) is 22.8. The van der Waals surface area contributed by atoms with Crippen molar-refractivity contribution in [3.8, 4) is 44.5 Å². The molecule has 0 aromatic heterocycles. The van der Waals surface area contributed by atoms with Crippen molar-refractivity contribution >= 4 is 43.1 Å². The Balaban J connectivity index is 1.27. The molecule has 0 atom stereocenters. The summed E-state index contributed by atoms with van der Waals surface area (Å²) in [5.74, 6) is 0. The lowest BCUT2D eigenvalue weighted by Crippen LogP contribution is -1.91. The fourth-order valence-corrected chi connectivity index (χ4v) is 7.36. The van der Waals surface area contributed by atoms with Crippen LogP contribution < -0.4 is 0 Å². The average molecular weight is 583 g/mol. The van der Waals surface area contributed by atoms with E-state index in [-0.39, 0.29) is 0 Å². The average Bonchev–Trinajstić information content (AvgIpc) is 3.13. The summed E-state index contributed by atoms with van der Waals surface area (Å²) in [5, 5.41) is 10.1. The van der Waals surface area contributed by atoms with Crippen molar-refractivity contribution < 1.29 is 0 Å². The van der Waals surface area contributed by atoms with Crippen LogP contribution in [-0.2, 0) is 0 Å². The molecular formula is C46H30. The molecule has 0 fully saturated rings. The zero-order valence-corrected chi connectivity index (χ0v) is 25.3. The minimum absolute atomic E-state index is 1.22. The van der Waals surface area contributed by atoms with Crippen LogP contribution in [0.25, 0.3) is 87.6 Å². The van der Waals surface area contributed by atoms with E-state index in [0.29, 0.717) is 0 Å². The molecule has 0 heteroatoms. The molecule has 9 aromatic carbocycles. The smallest absolute Gasteiger partial charge is 0.00262 e. The Hall–Kier alpha value is -5.98. The van der Waals surface area contributed by atoms with E-state index in [0.717, 1.165) is 0 Å². The molecule has 0 radical (unpaired) electrons. The van der Waals surface area contributed by atoms with Gasteiger partial charge in [0.25, 0.3) is 0 Å². The van der Waals surface area contributed by atoms with Crippen molar-refractivity contribution in [1.82, 2.24) is 0 Å². The first-order valence-electron chi connectivity index (χ1n) is 15.9. The number of hydrogen-bond donors (Lipinski definition) is 0. The molecule has 0 spiro atoms. The molecule has 9 aromatic rings. The molecular weight excluding hydrogens is 553 g/mol. The van der Waals surface area contributed by atoms with Crippen molar-refractivity contribution in [3.05, 3.63) is 182 Å². The summed E-state index contributed by atoms with van der Waals surface area (Å²) in [6.45, 7) is 0. The molecule has 0 aliphatic rings. The first-order valence-corrected chi connectivity index (χ1v) is 15.9. The van der Waals surface area contributed by atoms with Gasteiger partial charge in [0.2, 0.25) is 0 Å². The number of benzene rings is 9. The summed E-state index contributed by atoms with van der Waals surface area (Å²) in [4.78, 5) is 0. The van der Waals surface area contributed by atoms with E-state index in [1.165, 1.54) is 87.6 Å². The van der Waals surface area contributed by atoms with E-state index in [9.17, 15) is 0 Å². The first kappa shape index (κ1) is 26.4. The lowest BCUT2D eigenvalue weighted by atomic mass is 9.84. The topological polar surface area (TPSA) is 0 Å². The fourth-order valence-electron chi connectivity index (χ4n) is 7.36. The van der Waals surface area contributed by atoms with E-state index in [1.807, 2.05) is 0 Å². The number of hydrogen-bond acceptors (Lipinski definition) is 0. The van der Waals surface area contributed by atoms with E-state index in [1.54, 1.807) is 0 Å². The zero-order chi connectivity index (χ0) is 30.5. The number of rotatable bonds is 4. The molecule has 0 aliphatic heterocycles. The molecule has 214 valence electrons. The fraction of sp³-hybridized carbons (Fsp3) is 0. The summed E-state index contributed by atoms with van der Waals surface area (Å²) in [6.07, 6.45) is 0. The molecule has 0 heterocycles. The Morgan fingerprint density at radius 2 is 0.652 bits per heavy atom. The van der Waals surface area contributed by atoms with Crippen LogP contribution >= 0.6 is 0 Å². The van der Waals surface area contributed by atoms with Crippen LogP contribution in [0.2, 0.25) is 0 Å². The maximum Gasteiger partial charge on any atom is -0.00262 e. The highest BCUT2D eigenvalue weighted by molar-refractivity contribution is 6.22. The van der Waals surface area contributed by atoms with Crippen molar-refractivity contribution in [2.24, 2.45) is 0 Å². The lowest BCUT2D eigenvalue weighted by Gasteiger charge is -2.19. The maximum absolute atomic E-state index is 2.38. The summed E-state index contributed by atoms with van der Waals surface area (Å²) < 4.78 is 0. The summed E-state index contributed by atoms with van der Waals surface area (Å²) in [6, 6.07) is 66.5. The Labute approximate surface area is 268 Å². The highest BCUT2D eigenvalue weighted by Crippen LogP contribution is 2.45.